The summed E-state index contributed by atoms with van der Waals surface area (Å²) in [7, 11) is -2.37. The molecule has 3 aromatic carbocycles. The van der Waals surface area contributed by atoms with Crippen LogP contribution in [0, 0.1) is 5.82 Å². The largest absolute Gasteiger partial charge is 0.491 e. The lowest BCUT2D eigenvalue weighted by Gasteiger charge is -2.49. The molecule has 3 atom stereocenters. The van der Waals surface area contributed by atoms with Crippen LogP contribution >= 0.6 is 0 Å². The van der Waals surface area contributed by atoms with Crippen molar-refractivity contribution in [3.63, 3.8) is 0 Å². The summed E-state index contributed by atoms with van der Waals surface area (Å²) in [6.45, 7) is 15.1. The third-order valence-electron chi connectivity index (χ3n) is 9.07. The Balaban J connectivity index is 1.46. The van der Waals surface area contributed by atoms with Crippen LogP contribution in [0.2, 0.25) is 16.6 Å². The highest BCUT2D eigenvalue weighted by Crippen LogP contribution is 2.45. The van der Waals surface area contributed by atoms with E-state index in [-0.39, 0.29) is 24.9 Å². The Kier molecular flexibility index (Phi) is 12.8. The van der Waals surface area contributed by atoms with Crippen LogP contribution in [0.15, 0.2) is 78.9 Å². The van der Waals surface area contributed by atoms with E-state index in [4.69, 9.17) is 18.6 Å². The van der Waals surface area contributed by atoms with Crippen LogP contribution in [0.1, 0.15) is 64.2 Å². The zero-order valence-electron chi connectivity index (χ0n) is 28.0. The minimum atomic E-state index is -2.37. The van der Waals surface area contributed by atoms with Gasteiger partial charge in [0.1, 0.15) is 24.8 Å². The van der Waals surface area contributed by atoms with Crippen molar-refractivity contribution >= 4 is 14.4 Å². The maximum Gasteiger partial charge on any atom is 0.410 e. The summed E-state index contributed by atoms with van der Waals surface area (Å²) >= 11 is 0. The van der Waals surface area contributed by atoms with Crippen molar-refractivity contribution in [3.8, 4) is 5.75 Å². The van der Waals surface area contributed by atoms with Crippen LogP contribution in [0.25, 0.3) is 0 Å². The Morgan fingerprint density at radius 1 is 0.848 bits per heavy atom. The van der Waals surface area contributed by atoms with Crippen molar-refractivity contribution in [1.82, 2.24) is 4.90 Å². The van der Waals surface area contributed by atoms with Crippen LogP contribution in [-0.2, 0) is 27.1 Å². The molecular weight excluding hydrogens is 601 g/mol. The summed E-state index contributed by atoms with van der Waals surface area (Å²) in [6, 6.07) is 23.7. The third-order valence-corrected chi connectivity index (χ3v) is 15.2. The number of carbonyl (C=O) groups is 1. The predicted molar refractivity (Wildman–Crippen MR) is 181 cm³/mol. The normalized spacial score (nSPS) is 18.8. The van der Waals surface area contributed by atoms with E-state index in [9.17, 15) is 14.3 Å². The number of aliphatic hydroxyl groups excluding tert-OH is 1. The maximum atomic E-state index is 13.4. The predicted octanol–water partition coefficient (Wildman–Crippen LogP) is 8.08. The van der Waals surface area contributed by atoms with E-state index in [0.717, 1.165) is 16.7 Å². The Labute approximate surface area is 274 Å². The van der Waals surface area contributed by atoms with Crippen LogP contribution in [0.3, 0.4) is 0 Å². The fraction of sp³-hybridized carbons (Fsp3) is 0.486. The molecule has 0 aromatic heterocycles. The monoisotopic (exact) mass is 651 g/mol. The van der Waals surface area contributed by atoms with E-state index >= 15 is 0 Å². The molecule has 0 spiro atoms. The molecule has 1 aliphatic rings. The molecule has 7 nitrogen and oxygen atoms in total. The highest BCUT2D eigenvalue weighted by molar-refractivity contribution is 6.77. The van der Waals surface area contributed by atoms with Crippen molar-refractivity contribution < 1.29 is 32.9 Å². The minimum Gasteiger partial charge on any atom is -0.491 e. The third kappa shape index (κ3) is 8.97. The highest BCUT2D eigenvalue weighted by atomic mass is 28.4. The number of piperidine rings is 1. The summed E-state index contributed by atoms with van der Waals surface area (Å²) < 4.78 is 37.9. The number of benzene rings is 3. The molecule has 1 saturated heterocycles. The number of carbonyl (C=O) groups excluding carboxylic acids is 1. The molecule has 1 aliphatic heterocycles. The number of hydrogen-bond donors (Lipinski definition) is 1. The molecule has 0 bridgehead atoms. The Morgan fingerprint density at radius 2 is 1.50 bits per heavy atom. The van der Waals surface area contributed by atoms with Gasteiger partial charge in [-0.05, 0) is 57.6 Å². The van der Waals surface area contributed by atoms with Crippen molar-refractivity contribution in [2.75, 3.05) is 26.3 Å². The number of amides is 1. The van der Waals surface area contributed by atoms with Gasteiger partial charge in [0.25, 0.3) is 0 Å². The van der Waals surface area contributed by atoms with Gasteiger partial charge in [-0.1, -0.05) is 96.1 Å². The van der Waals surface area contributed by atoms with Gasteiger partial charge < -0.3 is 28.6 Å². The van der Waals surface area contributed by atoms with Crippen molar-refractivity contribution in [3.05, 3.63) is 101 Å². The lowest BCUT2D eigenvalue weighted by Crippen LogP contribution is -2.59. The average molecular weight is 652 g/mol. The van der Waals surface area contributed by atoms with E-state index < -0.39 is 26.6 Å². The van der Waals surface area contributed by atoms with Crippen molar-refractivity contribution in [2.45, 2.75) is 89.5 Å². The number of likely N-dealkylation sites (tertiary alicyclic amines) is 1. The topological polar surface area (TPSA) is 77.5 Å². The SMILES string of the molecule is CC(C)[Si](OC1CN(C(=O)OCc2ccccc2)CC(O)C1c1ccc(OCCOCc2cccc(F)c2)cc1)(C(C)C)C(C)C. The zero-order valence-corrected chi connectivity index (χ0v) is 29.0. The standard InChI is InChI=1S/C37H50FNO6Si/c1-26(2)46(27(3)4,28(5)6)45-35-23-39(37(41)44-25-29-11-8-7-9-12-29)22-34(40)36(35)31-15-17-33(18-16-31)43-20-19-42-24-30-13-10-14-32(38)21-30/h7-18,21,26-28,34-36,40H,19-20,22-25H2,1-6H3. The molecule has 250 valence electrons. The number of rotatable bonds is 14. The average Bonchev–Trinajstić information content (AvgIpc) is 3.02. The first-order valence-corrected chi connectivity index (χ1v) is 18.5. The van der Waals surface area contributed by atoms with E-state index in [1.165, 1.54) is 12.1 Å². The molecule has 0 aliphatic carbocycles. The molecule has 3 aromatic rings. The highest BCUT2D eigenvalue weighted by Gasteiger charge is 2.50. The van der Waals surface area contributed by atoms with Crippen molar-refractivity contribution in [2.24, 2.45) is 0 Å². The summed E-state index contributed by atoms with van der Waals surface area (Å²) in [5.41, 5.74) is 3.63. The van der Waals surface area contributed by atoms with E-state index in [1.807, 2.05) is 60.7 Å². The second-order valence-electron chi connectivity index (χ2n) is 13.1. The van der Waals surface area contributed by atoms with Gasteiger partial charge in [-0.15, -0.1) is 0 Å². The molecule has 0 radical (unpaired) electrons. The summed E-state index contributed by atoms with van der Waals surface area (Å²) in [4.78, 5) is 14.9. The molecule has 1 heterocycles. The van der Waals surface area contributed by atoms with Crippen LogP contribution in [0.5, 0.6) is 5.75 Å². The van der Waals surface area contributed by atoms with Crippen LogP contribution in [-0.4, -0.2) is 62.9 Å². The zero-order chi connectivity index (χ0) is 33.3. The molecular formula is C37H50FNO6Si. The molecule has 1 amide bonds. The summed E-state index contributed by atoms with van der Waals surface area (Å²) in [6.07, 6.45) is -1.71. The fourth-order valence-corrected chi connectivity index (χ4v) is 12.6. The molecule has 46 heavy (non-hydrogen) atoms. The number of β-amino-alcohol motifs (C(OH)–C–C–N with tert-alkyl or cyclic N) is 1. The van der Waals surface area contributed by atoms with Gasteiger partial charge in [0.05, 0.1) is 32.0 Å². The Bertz CT molecular complexity index is 1350. The number of nitrogens with zero attached hydrogens (tertiary/aromatic N) is 1. The van der Waals surface area contributed by atoms with E-state index in [2.05, 4.69) is 41.5 Å². The Hall–Kier alpha value is -3.24. The second kappa shape index (κ2) is 16.5. The van der Waals surface area contributed by atoms with Gasteiger partial charge in [0.2, 0.25) is 8.32 Å². The fourth-order valence-electron chi connectivity index (χ4n) is 6.99. The second-order valence-corrected chi connectivity index (χ2v) is 18.5. The van der Waals surface area contributed by atoms with E-state index in [0.29, 0.717) is 48.7 Å². The quantitative estimate of drug-likeness (QED) is 0.140. The van der Waals surface area contributed by atoms with Gasteiger partial charge in [-0.25, -0.2) is 9.18 Å². The first-order valence-electron chi connectivity index (χ1n) is 16.4. The number of aliphatic hydroxyl groups is 1. The molecule has 1 fully saturated rings. The van der Waals surface area contributed by atoms with Crippen LogP contribution in [0.4, 0.5) is 9.18 Å². The molecule has 9 heteroatoms. The molecule has 0 saturated carbocycles. The number of ether oxygens (including phenoxy) is 3. The molecule has 4 rings (SSSR count). The number of halogens is 1. The van der Waals surface area contributed by atoms with Gasteiger partial charge in [-0.3, -0.25) is 0 Å². The number of hydrogen-bond acceptors (Lipinski definition) is 6. The van der Waals surface area contributed by atoms with Gasteiger partial charge in [0, 0.05) is 12.5 Å². The Morgan fingerprint density at radius 3 is 2.13 bits per heavy atom. The van der Waals surface area contributed by atoms with Crippen LogP contribution < -0.4 is 4.74 Å². The molecule has 3 unspecified atom stereocenters. The summed E-state index contributed by atoms with van der Waals surface area (Å²) in [5.74, 6) is 0.0710. The molecule has 1 N–H and O–H groups in total. The van der Waals surface area contributed by atoms with E-state index in [1.54, 1.807) is 11.0 Å². The first kappa shape index (κ1) is 35.6. The van der Waals surface area contributed by atoms with Gasteiger partial charge in [-0.2, -0.15) is 0 Å². The van der Waals surface area contributed by atoms with Gasteiger partial charge in [0.15, 0.2) is 0 Å². The van der Waals surface area contributed by atoms with Crippen molar-refractivity contribution in [1.29, 1.82) is 0 Å². The summed E-state index contributed by atoms with van der Waals surface area (Å²) in [5, 5.41) is 11.6. The lowest BCUT2D eigenvalue weighted by atomic mass is 9.85. The van der Waals surface area contributed by atoms with Gasteiger partial charge >= 0.3 is 6.09 Å². The first-order chi connectivity index (χ1) is 22.0. The maximum absolute atomic E-state index is 13.4. The smallest absolute Gasteiger partial charge is 0.410 e. The minimum absolute atomic E-state index is 0.151. The lowest BCUT2D eigenvalue weighted by molar-refractivity contribution is -0.0255.